The van der Waals surface area contributed by atoms with Crippen LogP contribution in [0.2, 0.25) is 0 Å². The summed E-state index contributed by atoms with van der Waals surface area (Å²) >= 11 is 0. The highest BCUT2D eigenvalue weighted by Gasteiger charge is 2.20. The molecule has 8 heteroatoms. The van der Waals surface area contributed by atoms with E-state index in [1.165, 1.54) is 0 Å². The summed E-state index contributed by atoms with van der Waals surface area (Å²) in [5.41, 5.74) is 6.98. The molecule has 0 bridgehead atoms. The minimum Gasteiger partial charge on any atom is -0.452 e. The van der Waals surface area contributed by atoms with Crippen LogP contribution in [0.4, 0.5) is 11.6 Å². The predicted octanol–water partition coefficient (Wildman–Crippen LogP) is 1.36. The Kier molecular flexibility index (Phi) is 6.39. The fourth-order valence-electron chi connectivity index (χ4n) is 2.25. The number of carbonyl (C=O) groups is 2. The van der Waals surface area contributed by atoms with Crippen molar-refractivity contribution in [2.45, 2.75) is 13.3 Å². The molecule has 134 valence electrons. The molecule has 0 fully saturated rings. The number of nitrogens with one attached hydrogen (secondary N) is 1. The maximum Gasteiger partial charge on any atom is 0.346 e. The molecule has 0 radical (unpaired) electrons. The number of nitrogen functional groups attached to an aromatic ring is 1. The Labute approximate surface area is 145 Å². The highest BCUT2D eigenvalue weighted by atomic mass is 16.5. The smallest absolute Gasteiger partial charge is 0.346 e. The van der Waals surface area contributed by atoms with Gasteiger partial charge in [0.1, 0.15) is 5.56 Å². The van der Waals surface area contributed by atoms with Crippen molar-refractivity contribution in [3.05, 3.63) is 41.6 Å². The second-order valence-electron chi connectivity index (χ2n) is 5.54. The number of rotatable bonds is 8. The molecule has 1 amide bonds. The molecule has 2 rings (SSSR count). The summed E-state index contributed by atoms with van der Waals surface area (Å²) in [6.07, 6.45) is 0.767. The first kappa shape index (κ1) is 18.3. The minimum atomic E-state index is -0.727. The van der Waals surface area contributed by atoms with Gasteiger partial charge in [0.25, 0.3) is 5.91 Å². The molecule has 0 spiro atoms. The molecule has 0 saturated carbocycles. The van der Waals surface area contributed by atoms with E-state index < -0.39 is 5.97 Å². The van der Waals surface area contributed by atoms with Crippen LogP contribution in [0.25, 0.3) is 0 Å². The zero-order valence-corrected chi connectivity index (χ0v) is 14.3. The Hall–Kier alpha value is -3.03. The average Bonchev–Trinajstić information content (AvgIpc) is 2.95. The van der Waals surface area contributed by atoms with E-state index in [0.717, 1.165) is 18.7 Å². The maximum absolute atomic E-state index is 11.8. The van der Waals surface area contributed by atoms with E-state index >= 15 is 0 Å². The second-order valence-corrected chi connectivity index (χ2v) is 5.54. The monoisotopic (exact) mass is 346 g/mol. The van der Waals surface area contributed by atoms with Crippen LogP contribution < -0.4 is 16.0 Å². The van der Waals surface area contributed by atoms with Gasteiger partial charge in [0.15, 0.2) is 6.61 Å². The number of carbonyl (C=O) groups excluding carboxylic acids is 2. The van der Waals surface area contributed by atoms with E-state index in [1.807, 2.05) is 37.4 Å². The van der Waals surface area contributed by atoms with E-state index in [0.29, 0.717) is 12.2 Å². The average molecular weight is 346 g/mol. The van der Waals surface area contributed by atoms with Gasteiger partial charge in [0.05, 0.1) is 5.69 Å². The first-order valence-electron chi connectivity index (χ1n) is 7.90. The van der Waals surface area contributed by atoms with Gasteiger partial charge in [-0.15, -0.1) is 0 Å². The zero-order chi connectivity index (χ0) is 18.2. The van der Waals surface area contributed by atoms with Crippen molar-refractivity contribution < 1.29 is 18.8 Å². The fourth-order valence-corrected chi connectivity index (χ4v) is 2.25. The SMILES string of the molecule is Cc1noc(N)c1C(=O)OCC(=O)NCCCN(C)c1ccccc1. The van der Waals surface area contributed by atoms with Gasteiger partial charge >= 0.3 is 5.97 Å². The van der Waals surface area contributed by atoms with Gasteiger partial charge in [-0.3, -0.25) is 4.79 Å². The number of nitrogens with two attached hydrogens (primary N) is 1. The van der Waals surface area contributed by atoms with Crippen LogP contribution in [0, 0.1) is 6.92 Å². The number of para-hydroxylation sites is 1. The highest BCUT2D eigenvalue weighted by molar-refractivity contribution is 5.96. The minimum absolute atomic E-state index is 0.0530. The summed E-state index contributed by atoms with van der Waals surface area (Å²) in [5, 5.41) is 6.27. The van der Waals surface area contributed by atoms with E-state index in [2.05, 4.69) is 19.9 Å². The standard InChI is InChI=1S/C17H22N4O4/c1-12-15(16(18)25-20-12)17(23)24-11-14(22)19-9-6-10-21(2)13-7-4-3-5-8-13/h3-5,7-8H,6,9-11,18H2,1-2H3,(H,19,22). The van der Waals surface area contributed by atoms with Crippen LogP contribution in [0.15, 0.2) is 34.9 Å². The van der Waals surface area contributed by atoms with E-state index in [1.54, 1.807) is 6.92 Å². The number of aromatic nitrogens is 1. The molecule has 0 unspecified atom stereocenters. The van der Waals surface area contributed by atoms with Gasteiger partial charge in [-0.05, 0) is 25.5 Å². The van der Waals surface area contributed by atoms with Crippen molar-refractivity contribution in [2.75, 3.05) is 37.4 Å². The lowest BCUT2D eigenvalue weighted by Crippen LogP contribution is -2.31. The van der Waals surface area contributed by atoms with Crippen molar-refractivity contribution in [3.63, 3.8) is 0 Å². The summed E-state index contributed by atoms with van der Waals surface area (Å²) in [5.74, 6) is -1.22. The van der Waals surface area contributed by atoms with Gasteiger partial charge in [0.2, 0.25) is 5.88 Å². The quantitative estimate of drug-likeness (QED) is 0.548. The Morgan fingerprint density at radius 2 is 2.04 bits per heavy atom. The normalized spacial score (nSPS) is 10.3. The van der Waals surface area contributed by atoms with Crippen LogP contribution in [0.5, 0.6) is 0 Å². The van der Waals surface area contributed by atoms with E-state index in [4.69, 9.17) is 10.5 Å². The summed E-state index contributed by atoms with van der Waals surface area (Å²) in [6, 6.07) is 9.97. The molecular weight excluding hydrogens is 324 g/mol. The Balaban J connectivity index is 1.65. The van der Waals surface area contributed by atoms with Gasteiger partial charge in [0, 0.05) is 25.8 Å². The molecule has 0 aliphatic rings. The number of esters is 1. The first-order chi connectivity index (χ1) is 12.0. The third-order valence-electron chi connectivity index (χ3n) is 3.62. The lowest BCUT2D eigenvalue weighted by atomic mass is 10.2. The third-order valence-corrected chi connectivity index (χ3v) is 3.62. The second kappa shape index (κ2) is 8.72. The summed E-state index contributed by atoms with van der Waals surface area (Å²) < 4.78 is 9.60. The number of hydrogen-bond donors (Lipinski definition) is 2. The maximum atomic E-state index is 11.8. The van der Waals surface area contributed by atoms with Crippen molar-refractivity contribution in [1.82, 2.24) is 10.5 Å². The van der Waals surface area contributed by atoms with E-state index in [9.17, 15) is 9.59 Å². The number of amides is 1. The number of aryl methyl sites for hydroxylation is 1. The molecule has 0 saturated heterocycles. The van der Waals surface area contributed by atoms with Crippen LogP contribution in [0.1, 0.15) is 22.5 Å². The van der Waals surface area contributed by atoms with Gasteiger partial charge in [-0.25, -0.2) is 4.79 Å². The van der Waals surface area contributed by atoms with Crippen molar-refractivity contribution in [3.8, 4) is 0 Å². The Morgan fingerprint density at radius 1 is 1.32 bits per heavy atom. The molecule has 0 atom stereocenters. The molecular formula is C17H22N4O4. The predicted molar refractivity (Wildman–Crippen MR) is 93.3 cm³/mol. The number of anilines is 2. The van der Waals surface area contributed by atoms with Crippen LogP contribution >= 0.6 is 0 Å². The largest absolute Gasteiger partial charge is 0.452 e. The number of benzene rings is 1. The summed E-state index contributed by atoms with van der Waals surface area (Å²) in [7, 11) is 1.99. The fraction of sp³-hybridized carbons (Fsp3) is 0.353. The van der Waals surface area contributed by atoms with E-state index in [-0.39, 0.29) is 24.0 Å². The molecule has 25 heavy (non-hydrogen) atoms. The topological polar surface area (TPSA) is 111 Å². The molecule has 0 aliphatic carbocycles. The Morgan fingerprint density at radius 3 is 2.68 bits per heavy atom. The summed E-state index contributed by atoms with van der Waals surface area (Å²) in [6.45, 7) is 2.47. The summed E-state index contributed by atoms with van der Waals surface area (Å²) in [4.78, 5) is 25.7. The number of hydrogen-bond acceptors (Lipinski definition) is 7. The van der Waals surface area contributed by atoms with Gasteiger partial charge < -0.3 is 25.2 Å². The zero-order valence-electron chi connectivity index (χ0n) is 14.3. The molecule has 1 heterocycles. The molecule has 1 aromatic heterocycles. The molecule has 0 aliphatic heterocycles. The molecule has 3 N–H and O–H groups in total. The molecule has 1 aromatic carbocycles. The first-order valence-corrected chi connectivity index (χ1v) is 7.90. The number of nitrogens with zero attached hydrogens (tertiary/aromatic N) is 2. The van der Waals surface area contributed by atoms with Crippen molar-refractivity contribution in [2.24, 2.45) is 0 Å². The third kappa shape index (κ3) is 5.23. The van der Waals surface area contributed by atoms with Crippen molar-refractivity contribution in [1.29, 1.82) is 0 Å². The lowest BCUT2D eigenvalue weighted by molar-refractivity contribution is -0.124. The highest BCUT2D eigenvalue weighted by Crippen LogP contribution is 2.16. The van der Waals surface area contributed by atoms with Crippen LogP contribution in [-0.2, 0) is 9.53 Å². The Bertz CT molecular complexity index is 695. The van der Waals surface area contributed by atoms with Gasteiger partial charge in [-0.1, -0.05) is 23.4 Å². The molecule has 2 aromatic rings. The van der Waals surface area contributed by atoms with Crippen molar-refractivity contribution >= 4 is 23.4 Å². The molecule has 8 nitrogen and oxygen atoms in total. The number of ether oxygens (including phenoxy) is 1. The lowest BCUT2D eigenvalue weighted by Gasteiger charge is -2.19. The van der Waals surface area contributed by atoms with Gasteiger partial charge in [-0.2, -0.15) is 0 Å². The van der Waals surface area contributed by atoms with Crippen LogP contribution in [-0.4, -0.2) is 43.8 Å². The van der Waals surface area contributed by atoms with Crippen LogP contribution in [0.3, 0.4) is 0 Å².